The molecule has 2 aliphatic carbocycles. The molecular weight excluding hydrogens is 732 g/mol. The van der Waals surface area contributed by atoms with Crippen LogP contribution in [0.1, 0.15) is 99.8 Å². The molecule has 298 valence electrons. The molecule has 1 aromatic carbocycles. The number of phenols is 2. The Bertz CT molecular complexity index is 1640. The van der Waals surface area contributed by atoms with E-state index in [1.807, 2.05) is 0 Å². The van der Waals surface area contributed by atoms with Crippen LogP contribution in [0.5, 0.6) is 11.5 Å². The molecule has 0 aliphatic heterocycles. The number of halogens is 1. The summed E-state index contributed by atoms with van der Waals surface area (Å²) in [4.78, 5) is 109. The highest BCUT2D eigenvalue weighted by atomic mass is 35.5. The third kappa shape index (κ3) is 20.4. The van der Waals surface area contributed by atoms with Gasteiger partial charge in [0, 0.05) is 73.6 Å². The van der Waals surface area contributed by atoms with Gasteiger partial charge in [0.1, 0.15) is 11.5 Å². The van der Waals surface area contributed by atoms with E-state index in [1.165, 1.54) is 13.0 Å². The number of benzene rings is 1. The molecule has 0 atom stereocenters. The number of hydrogen-bond donors (Lipinski definition) is 2. The van der Waals surface area contributed by atoms with Crippen LogP contribution in [-0.2, 0) is 62.7 Å². The molecule has 0 radical (unpaired) electrons. The van der Waals surface area contributed by atoms with Gasteiger partial charge in [0.05, 0.1) is 0 Å². The standard InChI is InChI=1S/C10H12O2.C9H12O2.C9H10O2.2C4H6O4.C2H3ClO/c1-5-6(2)10(12)8(4)7(3)9(5)11;2*1-5-4-8(10)6(2)7(3)9(5)11;2*1-3(5)7-8-4(2)6;1-2(3)4/h1-4H3;4,10-11H,1-3H3;4H,1-3H3;2*1-2H3;1H3. The van der Waals surface area contributed by atoms with Gasteiger partial charge in [-0.15, -0.1) is 0 Å². The largest absolute Gasteiger partial charge is 0.508 e. The first-order valence-electron chi connectivity index (χ1n) is 15.8. The third-order valence-electron chi connectivity index (χ3n) is 7.05. The zero-order chi connectivity index (χ0) is 43.4. The van der Waals surface area contributed by atoms with Crippen LogP contribution in [0.4, 0.5) is 0 Å². The van der Waals surface area contributed by atoms with Crippen LogP contribution in [0.2, 0.25) is 0 Å². The van der Waals surface area contributed by atoms with Crippen molar-refractivity contribution >= 4 is 63.9 Å². The Balaban J connectivity index is -0.000000592. The van der Waals surface area contributed by atoms with E-state index in [9.17, 15) is 53.4 Å². The minimum atomic E-state index is -0.639. The monoisotopic (exact) mass is 780 g/mol. The van der Waals surface area contributed by atoms with E-state index in [4.69, 9.17) is 0 Å². The first-order valence-corrected chi connectivity index (χ1v) is 16.2. The number of phenolic OH excluding ortho intramolecular Hbond substituents is 2. The van der Waals surface area contributed by atoms with Gasteiger partial charge in [-0.3, -0.25) is 24.0 Å². The molecule has 3 rings (SSSR count). The second-order valence-corrected chi connectivity index (χ2v) is 12.0. The lowest BCUT2D eigenvalue weighted by molar-refractivity contribution is -0.255. The Labute approximate surface area is 319 Å². The maximum absolute atomic E-state index is 11.4. The Hall–Kier alpha value is -5.70. The van der Waals surface area contributed by atoms with Crippen LogP contribution in [-0.4, -0.2) is 62.5 Å². The zero-order valence-corrected chi connectivity index (χ0v) is 34.0. The highest BCUT2D eigenvalue weighted by molar-refractivity contribution is 6.62. The lowest BCUT2D eigenvalue weighted by Crippen LogP contribution is -2.18. The van der Waals surface area contributed by atoms with E-state index in [0.29, 0.717) is 44.6 Å². The molecule has 54 heavy (non-hydrogen) atoms. The van der Waals surface area contributed by atoms with Crippen molar-refractivity contribution in [3.8, 4) is 11.5 Å². The van der Waals surface area contributed by atoms with Crippen LogP contribution >= 0.6 is 11.6 Å². The van der Waals surface area contributed by atoms with Gasteiger partial charge >= 0.3 is 23.9 Å². The van der Waals surface area contributed by atoms with Crippen molar-refractivity contribution < 1.29 is 72.9 Å². The molecule has 0 saturated carbocycles. The molecule has 2 N–H and O–H groups in total. The number of carbonyl (C=O) groups excluding carboxylic acids is 9. The molecule has 15 nitrogen and oxygen atoms in total. The molecule has 0 heterocycles. The average molecular weight is 781 g/mol. The molecule has 0 unspecified atom stereocenters. The minimum Gasteiger partial charge on any atom is -0.508 e. The van der Waals surface area contributed by atoms with E-state index in [2.05, 4.69) is 31.2 Å². The van der Waals surface area contributed by atoms with Crippen LogP contribution in [0, 0.1) is 20.8 Å². The maximum atomic E-state index is 11.4. The summed E-state index contributed by atoms with van der Waals surface area (Å²) in [5.74, 6) is -2.07. The molecule has 0 saturated heterocycles. The number of Topliss-reactive ketones (excluding diaryl/α,β-unsaturated/α-hetero) is 3. The van der Waals surface area contributed by atoms with E-state index >= 15 is 0 Å². The summed E-state index contributed by atoms with van der Waals surface area (Å²) in [6, 6.07) is 1.57. The summed E-state index contributed by atoms with van der Waals surface area (Å²) in [5.41, 5.74) is 6.24. The Morgan fingerprint density at radius 2 is 0.778 bits per heavy atom. The number of rotatable bonds is 0. The fourth-order valence-electron chi connectivity index (χ4n) is 3.55. The molecule has 1 aromatic rings. The van der Waals surface area contributed by atoms with Crippen molar-refractivity contribution in [2.75, 3.05) is 0 Å². The van der Waals surface area contributed by atoms with E-state index in [0.717, 1.165) is 38.8 Å². The molecule has 0 amide bonds. The Morgan fingerprint density at radius 3 is 1.06 bits per heavy atom. The summed E-state index contributed by atoms with van der Waals surface area (Å²) in [7, 11) is 0. The van der Waals surface area contributed by atoms with Gasteiger partial charge in [0.25, 0.3) is 0 Å². The predicted octanol–water partition coefficient (Wildman–Crippen LogP) is 6.08. The molecule has 0 spiro atoms. The first kappa shape index (κ1) is 52.7. The molecule has 0 fully saturated rings. The van der Waals surface area contributed by atoms with Crippen molar-refractivity contribution in [3.63, 3.8) is 0 Å². The minimum absolute atomic E-state index is 0.00426. The van der Waals surface area contributed by atoms with Crippen molar-refractivity contribution in [1.82, 2.24) is 0 Å². The van der Waals surface area contributed by atoms with E-state index < -0.39 is 23.9 Å². The number of allylic oxidation sites excluding steroid dienone is 8. The van der Waals surface area contributed by atoms with E-state index in [1.54, 1.807) is 75.3 Å². The van der Waals surface area contributed by atoms with Gasteiger partial charge in [-0.05, 0) is 110 Å². The van der Waals surface area contributed by atoms with E-state index in [-0.39, 0.29) is 39.9 Å². The smallest absolute Gasteiger partial charge is 0.352 e. The van der Waals surface area contributed by atoms with Gasteiger partial charge in [-0.1, -0.05) is 0 Å². The number of carbonyl (C=O) groups is 9. The number of aromatic hydroxyl groups is 2. The molecule has 16 heteroatoms. The van der Waals surface area contributed by atoms with Gasteiger partial charge in [-0.2, -0.15) is 0 Å². The second kappa shape index (κ2) is 25.3. The van der Waals surface area contributed by atoms with Crippen LogP contribution in [0.25, 0.3) is 0 Å². The van der Waals surface area contributed by atoms with Crippen molar-refractivity contribution in [3.05, 3.63) is 67.8 Å². The van der Waals surface area contributed by atoms with Crippen molar-refractivity contribution in [1.29, 1.82) is 0 Å². The molecular formula is C38H49ClO15. The molecule has 0 aromatic heterocycles. The SMILES string of the molecule is CC(=O)Cl.CC(=O)OOC(C)=O.CC(=O)OOC(C)=O.CC1=C(C)C(=O)C(C)=C(C)C1=O.CC1=CC(=O)C(C)=C(C)C1=O.Cc1cc(O)c(C)c(C)c1O. The van der Waals surface area contributed by atoms with Crippen molar-refractivity contribution in [2.24, 2.45) is 0 Å². The predicted molar refractivity (Wildman–Crippen MR) is 196 cm³/mol. The normalized spacial score (nSPS) is 13.0. The maximum Gasteiger partial charge on any atom is 0.352 e. The highest BCUT2D eigenvalue weighted by Crippen LogP contribution is 2.30. The van der Waals surface area contributed by atoms with Crippen LogP contribution in [0.3, 0.4) is 0 Å². The highest BCUT2D eigenvalue weighted by Gasteiger charge is 2.24. The molecule has 0 bridgehead atoms. The van der Waals surface area contributed by atoms with Gasteiger partial charge < -0.3 is 10.2 Å². The average Bonchev–Trinajstić information content (AvgIpc) is 3.08. The quantitative estimate of drug-likeness (QED) is 0.0998. The first-order chi connectivity index (χ1) is 24.5. The van der Waals surface area contributed by atoms with Gasteiger partial charge in [0.2, 0.25) is 5.24 Å². The lowest BCUT2D eigenvalue weighted by Gasteiger charge is -2.15. The Morgan fingerprint density at radius 1 is 0.500 bits per heavy atom. The number of ketones is 4. The second-order valence-electron chi connectivity index (χ2n) is 11.5. The third-order valence-corrected chi connectivity index (χ3v) is 7.05. The molecule has 2 aliphatic rings. The summed E-state index contributed by atoms with van der Waals surface area (Å²) >= 11 is 4.64. The number of hydrogen-bond acceptors (Lipinski definition) is 15. The summed E-state index contributed by atoms with van der Waals surface area (Å²) < 4.78 is 0. The van der Waals surface area contributed by atoms with Gasteiger partial charge in [0.15, 0.2) is 23.1 Å². The summed E-state index contributed by atoms with van der Waals surface area (Å²) in [5, 5.41) is 18.3. The Kier molecular flexibility index (Phi) is 24.7. The van der Waals surface area contributed by atoms with Crippen molar-refractivity contribution in [2.45, 2.75) is 104 Å². The van der Waals surface area contributed by atoms with Crippen LogP contribution in [0.15, 0.2) is 51.2 Å². The fourth-order valence-corrected chi connectivity index (χ4v) is 3.55. The zero-order valence-electron chi connectivity index (χ0n) is 33.2. The fraction of sp³-hybridized carbons (Fsp3) is 0.395. The lowest BCUT2D eigenvalue weighted by atomic mass is 9.87. The summed E-state index contributed by atoms with van der Waals surface area (Å²) in [6.07, 6.45) is 1.39. The topological polar surface area (TPSA) is 231 Å². The van der Waals surface area contributed by atoms with Gasteiger partial charge in [-0.25, -0.2) is 38.7 Å². The number of aryl methyl sites for hydroxylation is 1. The summed E-state index contributed by atoms with van der Waals surface area (Å²) in [6.45, 7) is 23.0. The van der Waals surface area contributed by atoms with Crippen LogP contribution < -0.4 is 0 Å².